The molecular formula is C7H17NO3. The lowest BCUT2D eigenvalue weighted by Crippen LogP contribution is -2.25. The van der Waals surface area contributed by atoms with Crippen molar-refractivity contribution in [3.05, 3.63) is 0 Å². The van der Waals surface area contributed by atoms with E-state index in [1.807, 2.05) is 0 Å². The van der Waals surface area contributed by atoms with E-state index in [4.69, 9.17) is 15.0 Å². The van der Waals surface area contributed by atoms with Crippen LogP contribution in [0.4, 0.5) is 0 Å². The molecule has 1 atom stereocenters. The zero-order valence-electron chi connectivity index (χ0n) is 7.29. The molecule has 4 nitrogen and oxygen atoms in total. The Hall–Kier alpha value is -0.610. The molecule has 0 spiro atoms. The number of aliphatic hydroxyl groups excluding tert-OH is 1. The van der Waals surface area contributed by atoms with Gasteiger partial charge in [0.05, 0.1) is 0 Å². The predicted molar refractivity (Wildman–Crippen MR) is 43.3 cm³/mol. The molecule has 0 bridgehead atoms. The van der Waals surface area contributed by atoms with Crippen molar-refractivity contribution >= 4 is 5.97 Å². The first kappa shape index (κ1) is 13.0. The summed E-state index contributed by atoms with van der Waals surface area (Å²) in [6.07, 6.45) is 0.727. The predicted octanol–water partition coefficient (Wildman–Crippen LogP) is 0.415. The van der Waals surface area contributed by atoms with Crippen LogP contribution in [0.2, 0.25) is 0 Å². The summed E-state index contributed by atoms with van der Waals surface area (Å²) in [7, 11) is 0. The first-order valence-corrected chi connectivity index (χ1v) is 3.61. The van der Waals surface area contributed by atoms with Crippen LogP contribution in [0.1, 0.15) is 27.2 Å². The molecule has 0 aliphatic heterocycles. The maximum absolute atomic E-state index is 9.00. The summed E-state index contributed by atoms with van der Waals surface area (Å²) < 4.78 is 0. The van der Waals surface area contributed by atoms with Gasteiger partial charge in [0.15, 0.2) is 0 Å². The van der Waals surface area contributed by atoms with Crippen LogP contribution in [0, 0.1) is 0 Å². The highest BCUT2D eigenvalue weighted by molar-refractivity contribution is 5.62. The van der Waals surface area contributed by atoms with Crippen LogP contribution in [-0.2, 0) is 4.79 Å². The number of aliphatic carboxylic acids is 1. The summed E-state index contributed by atoms with van der Waals surface area (Å²) in [5.41, 5.74) is 0. The highest BCUT2D eigenvalue weighted by atomic mass is 16.4. The van der Waals surface area contributed by atoms with E-state index >= 15 is 0 Å². The smallest absolute Gasteiger partial charge is 0.300 e. The Bertz CT molecular complexity index is 89.7. The average molecular weight is 163 g/mol. The molecule has 0 saturated heterocycles. The Morgan fingerprint density at radius 1 is 1.64 bits per heavy atom. The molecule has 0 rings (SSSR count). The maximum Gasteiger partial charge on any atom is 0.300 e. The molecule has 0 aliphatic rings. The number of carboxylic acids is 1. The Labute approximate surface area is 67.2 Å². The van der Waals surface area contributed by atoms with Crippen LogP contribution >= 0.6 is 0 Å². The fraction of sp³-hybridized carbons (Fsp3) is 0.857. The van der Waals surface area contributed by atoms with E-state index < -0.39 is 5.97 Å². The van der Waals surface area contributed by atoms with Gasteiger partial charge in [0.2, 0.25) is 0 Å². The monoisotopic (exact) mass is 163 g/mol. The molecule has 11 heavy (non-hydrogen) atoms. The second kappa shape index (κ2) is 9.39. The number of hydrogen-bond acceptors (Lipinski definition) is 3. The van der Waals surface area contributed by atoms with E-state index in [1.54, 1.807) is 6.92 Å². The van der Waals surface area contributed by atoms with E-state index in [1.165, 1.54) is 0 Å². The molecule has 0 aliphatic carbocycles. The molecule has 4 heteroatoms. The Morgan fingerprint density at radius 2 is 2.00 bits per heavy atom. The lowest BCUT2D eigenvalue weighted by molar-refractivity contribution is -0.134. The topological polar surface area (TPSA) is 69.6 Å². The van der Waals surface area contributed by atoms with Crippen LogP contribution < -0.4 is 5.32 Å². The van der Waals surface area contributed by atoms with Crippen molar-refractivity contribution in [2.24, 2.45) is 0 Å². The molecule has 0 aromatic carbocycles. The summed E-state index contributed by atoms with van der Waals surface area (Å²) in [5, 5.41) is 18.8. The number of nitrogens with one attached hydrogen (secondary N) is 1. The fourth-order valence-corrected chi connectivity index (χ4v) is 0.353. The fourth-order valence-electron chi connectivity index (χ4n) is 0.353. The highest BCUT2D eigenvalue weighted by Gasteiger charge is 1.86. The van der Waals surface area contributed by atoms with Crippen molar-refractivity contribution in [3.8, 4) is 0 Å². The lowest BCUT2D eigenvalue weighted by atomic mass is 10.5. The standard InChI is InChI=1S/C5H13NO.C2H4O2/c1-3-4-6-5(2)7;1-2(3)4/h5-7H,3-4H2,1-2H3;1H3,(H,3,4). The van der Waals surface area contributed by atoms with Crippen LogP contribution in [0.3, 0.4) is 0 Å². The van der Waals surface area contributed by atoms with Crippen molar-refractivity contribution in [1.82, 2.24) is 5.32 Å². The zero-order chi connectivity index (χ0) is 9.28. The van der Waals surface area contributed by atoms with Gasteiger partial charge in [-0.05, 0) is 19.9 Å². The Kier molecular flexibility index (Phi) is 11.1. The molecule has 0 heterocycles. The third kappa shape index (κ3) is 44.6. The largest absolute Gasteiger partial charge is 0.481 e. The van der Waals surface area contributed by atoms with Gasteiger partial charge in [0.1, 0.15) is 6.23 Å². The normalized spacial score (nSPS) is 11.3. The summed E-state index contributed by atoms with van der Waals surface area (Å²) in [5.74, 6) is -0.833. The van der Waals surface area contributed by atoms with Gasteiger partial charge in [-0.2, -0.15) is 0 Å². The van der Waals surface area contributed by atoms with Gasteiger partial charge in [-0.3, -0.25) is 10.1 Å². The first-order valence-electron chi connectivity index (χ1n) is 3.61. The van der Waals surface area contributed by atoms with Crippen molar-refractivity contribution in [2.45, 2.75) is 33.4 Å². The minimum absolute atomic E-state index is 0.347. The number of carbonyl (C=O) groups is 1. The van der Waals surface area contributed by atoms with E-state index in [-0.39, 0.29) is 6.23 Å². The number of aliphatic hydroxyl groups is 1. The van der Waals surface area contributed by atoms with E-state index in [0.717, 1.165) is 19.9 Å². The Balaban J connectivity index is 0. The minimum Gasteiger partial charge on any atom is -0.481 e. The van der Waals surface area contributed by atoms with Gasteiger partial charge < -0.3 is 10.2 Å². The van der Waals surface area contributed by atoms with Gasteiger partial charge in [-0.1, -0.05) is 6.92 Å². The molecule has 3 N–H and O–H groups in total. The van der Waals surface area contributed by atoms with Gasteiger partial charge in [0.25, 0.3) is 5.97 Å². The molecule has 0 aromatic rings. The van der Waals surface area contributed by atoms with Crippen molar-refractivity contribution < 1.29 is 15.0 Å². The van der Waals surface area contributed by atoms with Gasteiger partial charge in [-0.25, -0.2) is 0 Å². The molecular weight excluding hydrogens is 146 g/mol. The third-order valence-corrected chi connectivity index (χ3v) is 0.690. The molecule has 0 fully saturated rings. The summed E-state index contributed by atoms with van der Waals surface area (Å²) >= 11 is 0. The maximum atomic E-state index is 9.00. The van der Waals surface area contributed by atoms with Crippen molar-refractivity contribution in [2.75, 3.05) is 6.54 Å². The second-order valence-corrected chi connectivity index (χ2v) is 2.15. The van der Waals surface area contributed by atoms with Crippen LogP contribution in [0.15, 0.2) is 0 Å². The molecule has 1 unspecified atom stereocenters. The lowest BCUT2D eigenvalue weighted by Gasteiger charge is -2.02. The van der Waals surface area contributed by atoms with Crippen molar-refractivity contribution in [3.63, 3.8) is 0 Å². The first-order chi connectivity index (χ1) is 5.00. The SMILES string of the molecule is CC(=O)O.CCCNC(C)O. The summed E-state index contributed by atoms with van der Waals surface area (Å²) in [6.45, 7) is 5.77. The molecule has 0 radical (unpaired) electrons. The number of carboxylic acid groups (broad SMARTS) is 1. The minimum atomic E-state index is -0.833. The average Bonchev–Trinajstić information content (AvgIpc) is 1.82. The number of rotatable bonds is 3. The zero-order valence-corrected chi connectivity index (χ0v) is 7.29. The summed E-state index contributed by atoms with van der Waals surface area (Å²) in [4.78, 5) is 9.00. The second-order valence-electron chi connectivity index (χ2n) is 2.15. The molecule has 68 valence electrons. The number of hydrogen-bond donors (Lipinski definition) is 3. The van der Waals surface area contributed by atoms with Crippen LogP contribution in [0.25, 0.3) is 0 Å². The van der Waals surface area contributed by atoms with E-state index in [2.05, 4.69) is 12.2 Å². The molecule has 0 saturated carbocycles. The molecule has 0 amide bonds. The quantitative estimate of drug-likeness (QED) is 0.527. The van der Waals surface area contributed by atoms with Crippen LogP contribution in [-0.4, -0.2) is 29.0 Å². The van der Waals surface area contributed by atoms with E-state index in [0.29, 0.717) is 0 Å². The Morgan fingerprint density at radius 3 is 2.09 bits per heavy atom. The van der Waals surface area contributed by atoms with Crippen molar-refractivity contribution in [1.29, 1.82) is 0 Å². The van der Waals surface area contributed by atoms with Crippen LogP contribution in [0.5, 0.6) is 0 Å². The third-order valence-electron chi connectivity index (χ3n) is 0.690. The van der Waals surface area contributed by atoms with Gasteiger partial charge in [0, 0.05) is 6.92 Å². The van der Waals surface area contributed by atoms with E-state index in [9.17, 15) is 0 Å². The van der Waals surface area contributed by atoms with Gasteiger partial charge >= 0.3 is 0 Å². The highest BCUT2D eigenvalue weighted by Crippen LogP contribution is 1.72. The molecule has 0 aromatic heterocycles. The van der Waals surface area contributed by atoms with Gasteiger partial charge in [-0.15, -0.1) is 0 Å². The summed E-state index contributed by atoms with van der Waals surface area (Å²) in [6, 6.07) is 0.